The molecule has 2 rings (SSSR count). The molecule has 0 heterocycles. The van der Waals surface area contributed by atoms with E-state index in [1.165, 1.54) is 279 Å². The van der Waals surface area contributed by atoms with Crippen molar-refractivity contribution < 1.29 is 49.7 Å². The normalized spacial score (nSPS) is 12.2. The predicted octanol–water partition coefficient (Wildman–Crippen LogP) is 29.2. The topological polar surface area (TPSA) is 131 Å². The summed E-state index contributed by atoms with van der Waals surface area (Å²) in [6.45, 7) is 36.4. The van der Waals surface area contributed by atoms with Gasteiger partial charge in [0.2, 0.25) is 0 Å². The first-order valence-electron chi connectivity index (χ1n) is 43.2. The van der Waals surface area contributed by atoms with Crippen molar-refractivity contribution in [2.75, 3.05) is 0 Å². The fourth-order valence-electron chi connectivity index (χ4n) is 15.3. The van der Waals surface area contributed by atoms with Gasteiger partial charge in [-0.05, 0) is 181 Å². The SMILES string of the molecule is CC(C)CCCCCCCCCc1c(C(C)C)cc(S(=O)(=O)[O-])c(CCCCCCCCCC(C)C)c1CCCCCCCCCC(C)C.CC(C)CCCCCCCCCc1c(C(C)C)cc(S(=O)(=O)[O-])c(CCCCCCCCCC(C)C)c1CCCCCCCCCC(C)C.[O]=[Ti+2]. The van der Waals surface area contributed by atoms with Crippen molar-refractivity contribution in [2.45, 2.75) is 479 Å². The Morgan fingerprint density at radius 2 is 0.370 bits per heavy atom. The minimum absolute atomic E-state index is 0.0928. The Balaban J connectivity index is 0.00000191. The Morgan fingerprint density at radius 3 is 0.520 bits per heavy atom. The molecule has 7 nitrogen and oxygen atoms in total. The van der Waals surface area contributed by atoms with Crippen molar-refractivity contribution in [3.05, 3.63) is 56.6 Å². The average Bonchev–Trinajstić information content (AvgIpc) is 0.779. The molecule has 0 unspecified atom stereocenters. The summed E-state index contributed by atoms with van der Waals surface area (Å²) < 4.78 is 85.1. The van der Waals surface area contributed by atoms with E-state index in [-0.39, 0.29) is 21.6 Å². The third-order valence-electron chi connectivity index (χ3n) is 21.4. The van der Waals surface area contributed by atoms with Gasteiger partial charge in [0.15, 0.2) is 0 Å². The molecule has 0 atom stereocenters. The minimum atomic E-state index is -4.54. The summed E-state index contributed by atoms with van der Waals surface area (Å²) >= 11 is 0.750. The van der Waals surface area contributed by atoms with Crippen LogP contribution in [0.4, 0.5) is 0 Å². The average molecular weight is 1470 g/mol. The molecule has 2 aromatic carbocycles. The van der Waals surface area contributed by atoms with Crippen LogP contribution >= 0.6 is 0 Å². The van der Waals surface area contributed by atoms with Crippen LogP contribution < -0.4 is 0 Å². The van der Waals surface area contributed by atoms with Crippen molar-refractivity contribution in [2.24, 2.45) is 35.5 Å². The van der Waals surface area contributed by atoms with Crippen molar-refractivity contribution in [1.29, 1.82) is 0 Å². The molecule has 0 radical (unpaired) electrons. The number of unbranched alkanes of at least 4 members (excludes halogenated alkanes) is 36. The summed E-state index contributed by atoms with van der Waals surface area (Å²) in [4.78, 5) is 0.186. The van der Waals surface area contributed by atoms with Crippen LogP contribution in [0.2, 0.25) is 0 Å². The van der Waals surface area contributed by atoms with Crippen molar-refractivity contribution in [1.82, 2.24) is 0 Å². The van der Waals surface area contributed by atoms with Crippen LogP contribution in [-0.2, 0) is 82.5 Å². The molecule has 0 aliphatic heterocycles. The van der Waals surface area contributed by atoms with Gasteiger partial charge < -0.3 is 9.11 Å². The zero-order valence-corrected chi connectivity index (χ0v) is 72.3. The van der Waals surface area contributed by atoms with Crippen LogP contribution in [0.15, 0.2) is 21.9 Å². The molecule has 0 N–H and O–H groups in total. The molecule has 0 aliphatic rings. The third kappa shape index (κ3) is 51.9. The van der Waals surface area contributed by atoms with Gasteiger partial charge in [-0.2, -0.15) is 0 Å². The Kier molecular flexibility index (Phi) is 62.0. The van der Waals surface area contributed by atoms with Crippen molar-refractivity contribution in [3.8, 4) is 0 Å². The molecule has 100 heavy (non-hydrogen) atoms. The van der Waals surface area contributed by atoms with Gasteiger partial charge in [0, 0.05) is 0 Å². The molecule has 10 heteroatoms. The summed E-state index contributed by atoms with van der Waals surface area (Å²) in [5.74, 6) is 5.19. The molecule has 0 bridgehead atoms. The van der Waals surface area contributed by atoms with E-state index < -0.39 is 20.2 Å². The first kappa shape index (κ1) is 98.8. The Hall–Kier alpha value is -1.23. The van der Waals surface area contributed by atoms with Gasteiger partial charge in [0.25, 0.3) is 0 Å². The summed E-state index contributed by atoms with van der Waals surface area (Å²) in [6, 6.07) is 3.61. The van der Waals surface area contributed by atoms with Crippen LogP contribution in [0.5, 0.6) is 0 Å². The van der Waals surface area contributed by atoms with Gasteiger partial charge >= 0.3 is 23.7 Å². The zero-order valence-electron chi connectivity index (χ0n) is 69.1. The second-order valence-electron chi connectivity index (χ2n) is 34.5. The van der Waals surface area contributed by atoms with Crippen LogP contribution in [0.1, 0.15) is 475 Å². The maximum atomic E-state index is 12.8. The molecule has 0 spiro atoms. The summed E-state index contributed by atoms with van der Waals surface area (Å²) in [5.41, 5.74) is 9.21. The van der Waals surface area contributed by atoms with E-state index in [2.05, 4.69) is 111 Å². The monoisotopic (exact) mass is 1470 g/mol. The van der Waals surface area contributed by atoms with Crippen molar-refractivity contribution >= 4 is 20.2 Å². The molecule has 0 aliphatic carbocycles. The molecule has 584 valence electrons. The Bertz CT molecular complexity index is 2310. The second-order valence-corrected chi connectivity index (χ2v) is 37.2. The molecule has 2 aromatic rings. The molecule has 0 fully saturated rings. The van der Waals surface area contributed by atoms with E-state index >= 15 is 0 Å². The first-order chi connectivity index (χ1) is 47.7. The number of hydrogen-bond donors (Lipinski definition) is 0. The molecule has 0 saturated heterocycles. The molecular weight excluding hydrogens is 1300 g/mol. The Morgan fingerprint density at radius 1 is 0.230 bits per heavy atom. The third-order valence-corrected chi connectivity index (χ3v) is 23.2. The molecule has 0 saturated carbocycles. The van der Waals surface area contributed by atoms with Crippen LogP contribution in [0, 0.1) is 35.5 Å². The van der Waals surface area contributed by atoms with Gasteiger partial charge in [-0.3, -0.25) is 0 Å². The summed E-state index contributed by atoms with van der Waals surface area (Å²) in [6.07, 6.45) is 65.8. The van der Waals surface area contributed by atoms with Crippen molar-refractivity contribution in [3.63, 3.8) is 0 Å². The van der Waals surface area contributed by atoms with Gasteiger partial charge in [0.05, 0.1) is 9.79 Å². The van der Waals surface area contributed by atoms with E-state index in [9.17, 15) is 25.9 Å². The van der Waals surface area contributed by atoms with Gasteiger partial charge in [-0.25, -0.2) is 16.8 Å². The summed E-state index contributed by atoms with van der Waals surface area (Å²) in [7, 11) is -9.09. The first-order valence-corrected chi connectivity index (χ1v) is 46.6. The second kappa shape index (κ2) is 62.8. The van der Waals surface area contributed by atoms with E-state index in [4.69, 9.17) is 3.32 Å². The van der Waals surface area contributed by atoms with E-state index in [1.807, 2.05) is 12.1 Å². The number of benzene rings is 2. The number of rotatable bonds is 64. The molecule has 0 amide bonds. The quantitative estimate of drug-likeness (QED) is 0.0366. The van der Waals surface area contributed by atoms with E-state index in [1.54, 1.807) is 0 Å². The predicted molar refractivity (Wildman–Crippen MR) is 431 cm³/mol. The van der Waals surface area contributed by atoms with E-state index in [0.29, 0.717) is 0 Å². The Labute approximate surface area is 636 Å². The molecular formula is C90H166O7S2Ti. The zero-order chi connectivity index (χ0) is 75.0. The molecule has 0 aromatic heterocycles. The van der Waals surface area contributed by atoms with Crippen LogP contribution in [0.3, 0.4) is 0 Å². The standard InChI is InChI=1S/2C45H84O3S.O.Ti/c2*1-37(2)30-24-18-12-9-15-21-27-33-41-42(34-28-22-16-10-13-19-25-31-38(3)4)44(40(7)8)36-45(49(46,47)48)43(41)35-29-23-17-11-14-20-26-32-39(5)6;;/h2*36-40H,9-35H2,1-8H3,(H,46,47,48);;/q;;;+2/p-2. The van der Waals surface area contributed by atoms with Gasteiger partial charge in [0.1, 0.15) is 20.2 Å². The van der Waals surface area contributed by atoms with Gasteiger partial charge in [-0.1, -0.05) is 380 Å². The fourth-order valence-corrected chi connectivity index (χ4v) is 16.9. The van der Waals surface area contributed by atoms with E-state index in [0.717, 1.165) is 168 Å². The summed E-state index contributed by atoms with van der Waals surface area (Å²) in [5, 5.41) is 0. The number of hydrogen-bond acceptors (Lipinski definition) is 7. The van der Waals surface area contributed by atoms with Gasteiger partial charge in [-0.15, -0.1) is 0 Å². The maximum absolute atomic E-state index is 12.8. The fraction of sp³-hybridized carbons (Fsp3) is 0.867. The van der Waals surface area contributed by atoms with Crippen LogP contribution in [0.25, 0.3) is 0 Å². The van der Waals surface area contributed by atoms with Crippen LogP contribution in [-0.4, -0.2) is 25.9 Å².